The first kappa shape index (κ1) is 12.4. The molecule has 0 saturated heterocycles. The summed E-state index contributed by atoms with van der Waals surface area (Å²) in [5.41, 5.74) is 0.0650. The van der Waals surface area contributed by atoms with Crippen LogP contribution in [0.1, 0.15) is 16.7 Å². The lowest BCUT2D eigenvalue weighted by Gasteiger charge is -2.02. The number of nitrogens with zero attached hydrogens (tertiary/aromatic N) is 3. The number of anilines is 2. The van der Waals surface area contributed by atoms with Crippen LogP contribution in [0.2, 0.25) is 0 Å². The Morgan fingerprint density at radius 1 is 1.50 bits per heavy atom. The van der Waals surface area contributed by atoms with Crippen molar-refractivity contribution in [3.8, 4) is 0 Å². The molecule has 0 bridgehead atoms. The third-order valence-corrected chi connectivity index (χ3v) is 2.85. The zero-order valence-corrected chi connectivity index (χ0v) is 10.3. The van der Waals surface area contributed by atoms with Gasteiger partial charge in [0.05, 0.1) is 11.9 Å². The molecular formula is C10H10FN5OS. The maximum Gasteiger partial charge on any atom is 0.286 e. The predicted molar refractivity (Wildman–Crippen MR) is 66.2 cm³/mol. The lowest BCUT2D eigenvalue weighted by Crippen LogP contribution is -2.12. The number of carbonyl (C=O) groups is 1. The molecule has 2 rings (SSSR count). The van der Waals surface area contributed by atoms with Crippen molar-refractivity contribution in [1.82, 2.24) is 15.2 Å². The normalized spacial score (nSPS) is 10.1. The topological polar surface area (TPSA) is 79.8 Å². The Hall–Kier alpha value is -2.09. The maximum atomic E-state index is 13.3. The molecule has 6 nitrogen and oxygen atoms in total. The smallest absolute Gasteiger partial charge is 0.286 e. The standard InChI is InChI=1S/C10H10FN5OS/c1-2-13-10-16-15-9(18-10)8(17)14-7-3-4-12-5-6(7)11/h3-5H,2H2,1H3,(H,13,16)(H,12,14,17). The summed E-state index contributed by atoms with van der Waals surface area (Å²) >= 11 is 1.11. The number of nitrogens with one attached hydrogen (secondary N) is 2. The van der Waals surface area contributed by atoms with Gasteiger partial charge in [-0.05, 0) is 13.0 Å². The summed E-state index contributed by atoms with van der Waals surface area (Å²) in [6.45, 7) is 2.60. The first-order valence-corrected chi connectivity index (χ1v) is 6.00. The number of pyridine rings is 1. The van der Waals surface area contributed by atoms with Crippen LogP contribution in [-0.4, -0.2) is 27.6 Å². The van der Waals surface area contributed by atoms with Gasteiger partial charge in [0, 0.05) is 12.7 Å². The Bertz CT molecular complexity index is 559. The summed E-state index contributed by atoms with van der Waals surface area (Å²) < 4.78 is 13.3. The average Bonchev–Trinajstić information content (AvgIpc) is 2.81. The van der Waals surface area contributed by atoms with Crippen LogP contribution >= 0.6 is 11.3 Å². The van der Waals surface area contributed by atoms with Crippen LogP contribution in [-0.2, 0) is 0 Å². The Balaban J connectivity index is 2.10. The monoisotopic (exact) mass is 267 g/mol. The zero-order valence-electron chi connectivity index (χ0n) is 9.48. The molecule has 0 aliphatic heterocycles. The number of rotatable bonds is 4. The third kappa shape index (κ3) is 2.77. The Labute approximate surface area is 106 Å². The number of halogens is 1. The number of hydrogen-bond acceptors (Lipinski definition) is 6. The van der Waals surface area contributed by atoms with Gasteiger partial charge in [-0.15, -0.1) is 10.2 Å². The van der Waals surface area contributed by atoms with Crippen LogP contribution in [0, 0.1) is 5.82 Å². The lowest BCUT2D eigenvalue weighted by atomic mass is 10.4. The van der Waals surface area contributed by atoms with Gasteiger partial charge in [0.25, 0.3) is 5.91 Å². The van der Waals surface area contributed by atoms with Gasteiger partial charge in [-0.1, -0.05) is 11.3 Å². The molecule has 0 saturated carbocycles. The van der Waals surface area contributed by atoms with Crippen molar-refractivity contribution in [3.05, 3.63) is 29.3 Å². The Morgan fingerprint density at radius 3 is 3.06 bits per heavy atom. The summed E-state index contributed by atoms with van der Waals surface area (Å²) in [4.78, 5) is 15.4. The van der Waals surface area contributed by atoms with Crippen molar-refractivity contribution in [1.29, 1.82) is 0 Å². The van der Waals surface area contributed by atoms with E-state index < -0.39 is 11.7 Å². The molecule has 0 radical (unpaired) electrons. The van der Waals surface area contributed by atoms with Crippen LogP contribution in [0.3, 0.4) is 0 Å². The second-order valence-electron chi connectivity index (χ2n) is 3.25. The van der Waals surface area contributed by atoms with Gasteiger partial charge in [-0.25, -0.2) is 4.39 Å². The highest BCUT2D eigenvalue weighted by Crippen LogP contribution is 2.17. The number of hydrogen-bond donors (Lipinski definition) is 2. The second-order valence-corrected chi connectivity index (χ2v) is 4.23. The molecule has 18 heavy (non-hydrogen) atoms. The first-order valence-electron chi connectivity index (χ1n) is 5.19. The summed E-state index contributed by atoms with van der Waals surface area (Å²) in [6.07, 6.45) is 2.42. The van der Waals surface area contributed by atoms with Gasteiger partial charge in [-0.3, -0.25) is 9.78 Å². The minimum atomic E-state index is -0.595. The molecule has 0 spiro atoms. The van der Waals surface area contributed by atoms with Gasteiger partial charge < -0.3 is 10.6 Å². The fourth-order valence-corrected chi connectivity index (χ4v) is 1.90. The lowest BCUT2D eigenvalue weighted by molar-refractivity contribution is 0.102. The minimum Gasteiger partial charge on any atom is -0.360 e. The molecule has 2 aromatic heterocycles. The van der Waals surface area contributed by atoms with Crippen molar-refractivity contribution < 1.29 is 9.18 Å². The van der Waals surface area contributed by atoms with E-state index in [-0.39, 0.29) is 10.7 Å². The molecule has 0 atom stereocenters. The molecule has 2 N–H and O–H groups in total. The molecule has 0 aliphatic rings. The van der Waals surface area contributed by atoms with Gasteiger partial charge in [0.15, 0.2) is 5.82 Å². The summed E-state index contributed by atoms with van der Waals surface area (Å²) in [5, 5.41) is 13.6. The van der Waals surface area contributed by atoms with Crippen molar-refractivity contribution >= 4 is 28.1 Å². The molecule has 0 fully saturated rings. The zero-order chi connectivity index (χ0) is 13.0. The Kier molecular flexibility index (Phi) is 3.78. The van der Waals surface area contributed by atoms with E-state index >= 15 is 0 Å². The van der Waals surface area contributed by atoms with Gasteiger partial charge in [0.2, 0.25) is 10.1 Å². The fourth-order valence-electron chi connectivity index (χ4n) is 1.19. The number of aromatic nitrogens is 3. The van der Waals surface area contributed by atoms with E-state index in [1.807, 2.05) is 6.92 Å². The molecule has 2 heterocycles. The van der Waals surface area contributed by atoms with E-state index in [9.17, 15) is 9.18 Å². The highest BCUT2D eigenvalue weighted by atomic mass is 32.1. The maximum absolute atomic E-state index is 13.3. The molecule has 94 valence electrons. The molecule has 8 heteroatoms. The highest BCUT2D eigenvalue weighted by Gasteiger charge is 2.14. The SMILES string of the molecule is CCNc1nnc(C(=O)Nc2ccncc2F)s1. The largest absolute Gasteiger partial charge is 0.360 e. The first-order chi connectivity index (χ1) is 8.70. The van der Waals surface area contributed by atoms with Crippen molar-refractivity contribution in [2.24, 2.45) is 0 Å². The minimum absolute atomic E-state index is 0.0650. The molecule has 1 amide bonds. The van der Waals surface area contributed by atoms with E-state index in [0.717, 1.165) is 17.5 Å². The quantitative estimate of drug-likeness (QED) is 0.882. The van der Waals surface area contributed by atoms with E-state index in [4.69, 9.17) is 0 Å². The van der Waals surface area contributed by atoms with E-state index in [2.05, 4.69) is 25.8 Å². The summed E-state index contributed by atoms with van der Waals surface area (Å²) in [5.74, 6) is -1.09. The average molecular weight is 267 g/mol. The van der Waals surface area contributed by atoms with E-state index in [1.54, 1.807) is 0 Å². The number of carbonyl (C=O) groups excluding carboxylic acids is 1. The third-order valence-electron chi connectivity index (χ3n) is 1.97. The van der Waals surface area contributed by atoms with Crippen LogP contribution < -0.4 is 10.6 Å². The Morgan fingerprint density at radius 2 is 2.33 bits per heavy atom. The van der Waals surface area contributed by atoms with Crippen LogP contribution in [0.4, 0.5) is 15.2 Å². The van der Waals surface area contributed by atoms with Crippen LogP contribution in [0.15, 0.2) is 18.5 Å². The highest BCUT2D eigenvalue weighted by molar-refractivity contribution is 7.17. The molecule has 2 aromatic rings. The molecule has 0 aromatic carbocycles. The molecular weight excluding hydrogens is 257 g/mol. The molecule has 0 aliphatic carbocycles. The molecule has 0 unspecified atom stereocenters. The predicted octanol–water partition coefficient (Wildman–Crippen LogP) is 1.76. The van der Waals surface area contributed by atoms with Crippen molar-refractivity contribution in [2.45, 2.75) is 6.92 Å². The second kappa shape index (κ2) is 5.50. The number of amides is 1. The van der Waals surface area contributed by atoms with Crippen molar-refractivity contribution in [3.63, 3.8) is 0 Å². The van der Waals surface area contributed by atoms with E-state index in [0.29, 0.717) is 11.7 Å². The fraction of sp³-hybridized carbons (Fsp3) is 0.200. The van der Waals surface area contributed by atoms with Crippen molar-refractivity contribution in [2.75, 3.05) is 17.2 Å². The van der Waals surface area contributed by atoms with Crippen LogP contribution in [0.5, 0.6) is 0 Å². The van der Waals surface area contributed by atoms with Gasteiger partial charge >= 0.3 is 0 Å². The van der Waals surface area contributed by atoms with Crippen LogP contribution in [0.25, 0.3) is 0 Å². The van der Waals surface area contributed by atoms with E-state index in [1.165, 1.54) is 12.3 Å². The summed E-state index contributed by atoms with van der Waals surface area (Å²) in [6, 6.07) is 1.37. The van der Waals surface area contributed by atoms with Gasteiger partial charge in [0.1, 0.15) is 0 Å². The summed E-state index contributed by atoms with van der Waals surface area (Å²) in [7, 11) is 0. The van der Waals surface area contributed by atoms with Gasteiger partial charge in [-0.2, -0.15) is 0 Å².